The minimum absolute atomic E-state index is 0.0163. The number of hydrogen-bond donors (Lipinski definition) is 3. The number of thiazole rings is 1. The SMILES string of the molecule is NC(=O)OCC(N)c1cnc(CO)s1. The lowest BCUT2D eigenvalue weighted by Crippen LogP contribution is -2.21. The third kappa shape index (κ3) is 2.95. The molecule has 1 amide bonds. The summed E-state index contributed by atoms with van der Waals surface area (Å²) in [6.07, 6.45) is 0.693. The van der Waals surface area contributed by atoms with E-state index in [0.717, 1.165) is 4.88 Å². The van der Waals surface area contributed by atoms with Gasteiger partial charge in [-0.15, -0.1) is 11.3 Å². The van der Waals surface area contributed by atoms with Crippen LogP contribution in [0.15, 0.2) is 6.20 Å². The molecule has 0 aromatic carbocycles. The molecule has 0 aliphatic rings. The fourth-order valence-electron chi connectivity index (χ4n) is 0.823. The Hall–Kier alpha value is -1.18. The van der Waals surface area contributed by atoms with Crippen molar-refractivity contribution in [1.82, 2.24) is 4.98 Å². The molecule has 0 radical (unpaired) electrons. The van der Waals surface area contributed by atoms with Gasteiger partial charge in [0, 0.05) is 11.1 Å². The number of amides is 1. The highest BCUT2D eigenvalue weighted by atomic mass is 32.1. The second-order valence-corrected chi connectivity index (χ2v) is 3.70. The maximum absolute atomic E-state index is 10.3. The molecule has 1 aromatic rings. The zero-order valence-electron chi connectivity index (χ0n) is 7.34. The van der Waals surface area contributed by atoms with Crippen molar-refractivity contribution >= 4 is 17.4 Å². The maximum Gasteiger partial charge on any atom is 0.404 e. The highest BCUT2D eigenvalue weighted by Gasteiger charge is 2.11. The lowest BCUT2D eigenvalue weighted by Gasteiger charge is -2.07. The summed E-state index contributed by atoms with van der Waals surface area (Å²) in [5.41, 5.74) is 10.4. The van der Waals surface area contributed by atoms with E-state index in [1.165, 1.54) is 11.3 Å². The number of aliphatic hydroxyl groups is 1. The highest BCUT2D eigenvalue weighted by molar-refractivity contribution is 7.11. The second kappa shape index (κ2) is 4.89. The van der Waals surface area contributed by atoms with Gasteiger partial charge >= 0.3 is 6.09 Å². The minimum Gasteiger partial charge on any atom is -0.448 e. The van der Waals surface area contributed by atoms with Gasteiger partial charge in [0.2, 0.25) is 0 Å². The van der Waals surface area contributed by atoms with Crippen LogP contribution in [-0.2, 0) is 11.3 Å². The molecule has 0 aliphatic carbocycles. The number of aromatic nitrogens is 1. The van der Waals surface area contributed by atoms with Gasteiger partial charge in [0.15, 0.2) is 0 Å². The molecule has 1 atom stereocenters. The number of nitrogens with zero attached hydrogens (tertiary/aromatic N) is 1. The Labute approximate surface area is 84.5 Å². The van der Waals surface area contributed by atoms with Gasteiger partial charge in [0.1, 0.15) is 11.6 Å². The molecular weight excluding hydrogens is 206 g/mol. The molecule has 1 aromatic heterocycles. The van der Waals surface area contributed by atoms with Crippen molar-refractivity contribution in [3.63, 3.8) is 0 Å². The van der Waals surface area contributed by atoms with Crippen molar-refractivity contribution in [1.29, 1.82) is 0 Å². The Balaban J connectivity index is 2.51. The Morgan fingerprint density at radius 3 is 3.00 bits per heavy atom. The first-order chi connectivity index (χ1) is 6.63. The van der Waals surface area contributed by atoms with Crippen molar-refractivity contribution in [2.75, 3.05) is 6.61 Å². The van der Waals surface area contributed by atoms with Gasteiger partial charge in [-0.05, 0) is 0 Å². The molecule has 1 heterocycles. The Bertz CT molecular complexity index is 315. The van der Waals surface area contributed by atoms with E-state index in [0.29, 0.717) is 5.01 Å². The molecule has 1 unspecified atom stereocenters. The van der Waals surface area contributed by atoms with Gasteiger partial charge < -0.3 is 21.3 Å². The third-order valence-corrected chi connectivity index (χ3v) is 2.59. The maximum atomic E-state index is 10.3. The molecule has 14 heavy (non-hydrogen) atoms. The van der Waals surface area contributed by atoms with Crippen LogP contribution in [0.25, 0.3) is 0 Å². The predicted octanol–water partition coefficient (Wildman–Crippen LogP) is -0.269. The van der Waals surface area contributed by atoms with E-state index in [1.807, 2.05) is 0 Å². The van der Waals surface area contributed by atoms with E-state index >= 15 is 0 Å². The first-order valence-corrected chi connectivity index (χ1v) is 4.68. The van der Waals surface area contributed by atoms with Crippen molar-refractivity contribution in [3.8, 4) is 0 Å². The van der Waals surface area contributed by atoms with E-state index in [9.17, 15) is 4.79 Å². The summed E-state index contributed by atoms with van der Waals surface area (Å²) < 4.78 is 4.53. The summed E-state index contributed by atoms with van der Waals surface area (Å²) in [7, 11) is 0. The molecule has 0 saturated carbocycles. The second-order valence-electron chi connectivity index (χ2n) is 2.55. The number of ether oxygens (including phenoxy) is 1. The summed E-state index contributed by atoms with van der Waals surface area (Å²) >= 11 is 1.27. The van der Waals surface area contributed by atoms with Crippen LogP contribution in [-0.4, -0.2) is 22.8 Å². The molecule has 1 rings (SSSR count). The Morgan fingerprint density at radius 1 is 1.79 bits per heavy atom. The number of carbonyl (C=O) groups is 1. The first kappa shape index (κ1) is 10.9. The average molecular weight is 217 g/mol. The summed E-state index contributed by atoms with van der Waals surface area (Å²) in [6, 6.07) is -0.444. The van der Waals surface area contributed by atoms with Gasteiger partial charge in [-0.1, -0.05) is 0 Å². The highest BCUT2D eigenvalue weighted by Crippen LogP contribution is 2.19. The van der Waals surface area contributed by atoms with Crippen molar-refractivity contribution < 1.29 is 14.6 Å². The number of hydrogen-bond acceptors (Lipinski definition) is 6. The zero-order chi connectivity index (χ0) is 10.6. The molecule has 5 N–H and O–H groups in total. The molecule has 0 aliphatic heterocycles. The molecule has 0 bridgehead atoms. The average Bonchev–Trinajstić information content (AvgIpc) is 2.62. The number of rotatable bonds is 4. The number of nitrogens with two attached hydrogens (primary N) is 2. The molecule has 0 saturated heterocycles. The molecular formula is C7H11N3O3S. The number of aliphatic hydroxyl groups excluding tert-OH is 1. The van der Waals surface area contributed by atoms with Crippen LogP contribution in [0, 0.1) is 0 Å². The predicted molar refractivity (Wildman–Crippen MR) is 50.5 cm³/mol. The van der Waals surface area contributed by atoms with Gasteiger partial charge in [-0.3, -0.25) is 0 Å². The topological polar surface area (TPSA) is 111 Å². The fourth-order valence-corrected chi connectivity index (χ4v) is 1.59. The van der Waals surface area contributed by atoms with E-state index in [1.54, 1.807) is 6.20 Å². The lowest BCUT2D eigenvalue weighted by molar-refractivity contribution is 0.150. The molecule has 78 valence electrons. The molecule has 0 fully saturated rings. The Morgan fingerprint density at radius 2 is 2.50 bits per heavy atom. The number of primary amides is 1. The normalized spacial score (nSPS) is 12.4. The standard InChI is InChI=1S/C7H11N3O3S/c8-4(3-13-7(9)12)5-1-10-6(2-11)14-5/h1,4,11H,2-3,8H2,(H2,9,12). The summed E-state index contributed by atoms with van der Waals surface area (Å²) in [6.45, 7) is -0.101. The van der Waals surface area contributed by atoms with E-state index in [4.69, 9.17) is 16.6 Å². The van der Waals surface area contributed by atoms with Gasteiger partial charge in [-0.2, -0.15) is 0 Å². The largest absolute Gasteiger partial charge is 0.448 e. The van der Waals surface area contributed by atoms with Crippen LogP contribution in [0.1, 0.15) is 15.9 Å². The Kier molecular flexibility index (Phi) is 3.81. The van der Waals surface area contributed by atoms with Crippen LogP contribution in [0.3, 0.4) is 0 Å². The van der Waals surface area contributed by atoms with Crippen molar-refractivity contribution in [2.45, 2.75) is 12.6 Å². The van der Waals surface area contributed by atoms with Crippen molar-refractivity contribution in [3.05, 3.63) is 16.1 Å². The van der Waals surface area contributed by atoms with E-state index < -0.39 is 12.1 Å². The number of carbonyl (C=O) groups excluding carboxylic acids is 1. The van der Waals surface area contributed by atoms with Crippen molar-refractivity contribution in [2.24, 2.45) is 11.5 Å². The smallest absolute Gasteiger partial charge is 0.404 e. The minimum atomic E-state index is -0.854. The van der Waals surface area contributed by atoms with Gasteiger partial charge in [-0.25, -0.2) is 9.78 Å². The first-order valence-electron chi connectivity index (χ1n) is 3.86. The molecule has 0 spiro atoms. The summed E-state index contributed by atoms with van der Waals surface area (Å²) in [5.74, 6) is 0. The van der Waals surface area contributed by atoms with E-state index in [2.05, 4.69) is 9.72 Å². The molecule has 7 heteroatoms. The lowest BCUT2D eigenvalue weighted by atomic mass is 10.3. The third-order valence-electron chi connectivity index (χ3n) is 1.48. The van der Waals surface area contributed by atoms with Crippen LogP contribution < -0.4 is 11.5 Å². The van der Waals surface area contributed by atoms with Crippen LogP contribution in [0.2, 0.25) is 0 Å². The zero-order valence-corrected chi connectivity index (χ0v) is 8.16. The van der Waals surface area contributed by atoms with Crippen LogP contribution >= 0.6 is 11.3 Å². The van der Waals surface area contributed by atoms with Gasteiger partial charge in [0.05, 0.1) is 12.6 Å². The van der Waals surface area contributed by atoms with Crippen LogP contribution in [0.4, 0.5) is 4.79 Å². The summed E-state index contributed by atoms with van der Waals surface area (Å²) in [4.78, 5) is 14.9. The quantitative estimate of drug-likeness (QED) is 0.642. The van der Waals surface area contributed by atoms with E-state index in [-0.39, 0.29) is 13.2 Å². The molecule has 6 nitrogen and oxygen atoms in total. The summed E-state index contributed by atoms with van der Waals surface area (Å²) in [5, 5.41) is 9.33. The monoisotopic (exact) mass is 217 g/mol. The van der Waals surface area contributed by atoms with Gasteiger partial charge in [0.25, 0.3) is 0 Å². The fraction of sp³-hybridized carbons (Fsp3) is 0.429. The van der Waals surface area contributed by atoms with Crippen LogP contribution in [0.5, 0.6) is 0 Å².